The number of hydrogen-bond acceptors (Lipinski definition) is 6. The summed E-state index contributed by atoms with van der Waals surface area (Å²) in [5, 5.41) is 21.4. The van der Waals surface area contributed by atoms with Crippen molar-refractivity contribution in [3.63, 3.8) is 0 Å². The van der Waals surface area contributed by atoms with E-state index < -0.39 is 36.5 Å². The van der Waals surface area contributed by atoms with Crippen LogP contribution in [0.3, 0.4) is 0 Å². The number of ether oxygens (including phenoxy) is 1. The van der Waals surface area contributed by atoms with Gasteiger partial charge >= 0.3 is 0 Å². The van der Waals surface area contributed by atoms with Crippen LogP contribution in [0, 0.1) is 16.0 Å². The van der Waals surface area contributed by atoms with Gasteiger partial charge in [-0.15, -0.1) is 0 Å². The minimum absolute atomic E-state index is 0.0971. The lowest BCUT2D eigenvalue weighted by atomic mass is 9.82. The third-order valence-corrected chi connectivity index (χ3v) is 10.9. The smallest absolute Gasteiger partial charge is 0.269 e. The summed E-state index contributed by atoms with van der Waals surface area (Å²) in [5.41, 5.74) is 0.147. The Hall–Kier alpha value is -3.15. The van der Waals surface area contributed by atoms with E-state index in [9.17, 15) is 24.8 Å². The molecule has 0 unspecified atom stereocenters. The number of aliphatic hydroxyl groups is 1. The molecule has 2 amide bonds. The molecule has 0 aliphatic carbocycles. The first-order chi connectivity index (χ1) is 18.5. The maximum Gasteiger partial charge on any atom is 0.269 e. The van der Waals surface area contributed by atoms with Gasteiger partial charge in [-0.3, -0.25) is 19.7 Å². The summed E-state index contributed by atoms with van der Waals surface area (Å²) >= 11 is 0. The zero-order valence-corrected chi connectivity index (χ0v) is 23.4. The molecular formula is C28H34FN3O6Si. The molecule has 3 aliphatic rings. The molecule has 1 spiro atoms. The Balaban J connectivity index is 1.53. The molecular weight excluding hydrogens is 521 g/mol. The van der Waals surface area contributed by atoms with Crippen molar-refractivity contribution in [2.45, 2.75) is 69.5 Å². The summed E-state index contributed by atoms with van der Waals surface area (Å²) in [6.07, 6.45) is 1.87. The van der Waals surface area contributed by atoms with Crippen molar-refractivity contribution in [2.75, 3.05) is 23.0 Å². The van der Waals surface area contributed by atoms with Crippen LogP contribution in [0.4, 0.5) is 21.2 Å². The minimum Gasteiger partial charge on any atom is -0.396 e. The van der Waals surface area contributed by atoms with E-state index in [1.807, 2.05) is 24.3 Å². The number of aliphatic hydroxyl groups excluding tert-OH is 1. The maximum atomic E-state index is 15.6. The number of nitro groups is 1. The number of hydrogen-bond donors (Lipinski definition) is 1. The highest BCUT2D eigenvalue weighted by molar-refractivity contribution is 6.72. The highest BCUT2D eigenvalue weighted by atomic mass is 28.4. The van der Waals surface area contributed by atoms with Crippen molar-refractivity contribution in [2.24, 2.45) is 5.92 Å². The van der Waals surface area contributed by atoms with Crippen molar-refractivity contribution in [3.8, 4) is 0 Å². The van der Waals surface area contributed by atoms with Gasteiger partial charge in [0, 0.05) is 54.4 Å². The van der Waals surface area contributed by atoms with Crippen molar-refractivity contribution >= 4 is 37.3 Å². The number of carbonyl (C=O) groups is 2. The lowest BCUT2D eigenvalue weighted by Crippen LogP contribution is -2.45. The van der Waals surface area contributed by atoms with Gasteiger partial charge in [-0.1, -0.05) is 19.1 Å². The van der Waals surface area contributed by atoms with E-state index in [1.54, 1.807) is 35.9 Å². The number of carbonyl (C=O) groups excluding carboxylic acids is 2. The molecule has 2 saturated heterocycles. The first-order valence-electron chi connectivity index (χ1n) is 13.5. The third kappa shape index (κ3) is 4.56. The molecule has 0 saturated carbocycles. The molecule has 5 rings (SSSR count). The van der Waals surface area contributed by atoms with Gasteiger partial charge < -0.3 is 23.8 Å². The Labute approximate surface area is 227 Å². The monoisotopic (exact) mass is 555 g/mol. The van der Waals surface area contributed by atoms with Crippen LogP contribution in [0.5, 0.6) is 0 Å². The third-order valence-electron chi connectivity index (χ3n) is 8.48. The molecule has 39 heavy (non-hydrogen) atoms. The normalized spacial score (nSPS) is 26.9. The van der Waals surface area contributed by atoms with E-state index in [1.165, 1.54) is 12.1 Å². The topological polar surface area (TPSA) is 113 Å². The van der Waals surface area contributed by atoms with E-state index in [4.69, 9.17) is 4.74 Å². The SMILES string of the molecule is C[C@H]1[C@H]([Si](C)(C)F)[C@@H](CCO)O[C@]12C(=O)N(Cc1ccc(N3CCCCC3=O)cc1)c1ccc([N+](=O)[O-])cc12. The Kier molecular flexibility index (Phi) is 7.10. The number of nitro benzene ring substituents is 1. The summed E-state index contributed by atoms with van der Waals surface area (Å²) in [4.78, 5) is 41.1. The molecule has 9 nitrogen and oxygen atoms in total. The Bertz CT molecular complexity index is 1300. The second-order valence-electron chi connectivity index (χ2n) is 11.3. The van der Waals surface area contributed by atoms with Gasteiger partial charge in [-0.25, -0.2) is 0 Å². The van der Waals surface area contributed by atoms with Gasteiger partial charge in [-0.2, -0.15) is 0 Å². The molecule has 0 bridgehead atoms. The summed E-state index contributed by atoms with van der Waals surface area (Å²) in [7, 11) is -3.37. The molecule has 3 aliphatic heterocycles. The molecule has 208 valence electrons. The zero-order valence-electron chi connectivity index (χ0n) is 22.4. The Morgan fingerprint density at radius 1 is 1.18 bits per heavy atom. The van der Waals surface area contributed by atoms with Gasteiger partial charge in [0.25, 0.3) is 11.6 Å². The highest BCUT2D eigenvalue weighted by Crippen LogP contribution is 2.60. The molecule has 2 aromatic carbocycles. The average molecular weight is 556 g/mol. The first kappa shape index (κ1) is 27.4. The number of benzene rings is 2. The molecule has 0 radical (unpaired) electrons. The van der Waals surface area contributed by atoms with Crippen molar-refractivity contribution in [1.82, 2.24) is 0 Å². The molecule has 4 atom stereocenters. The number of fused-ring (bicyclic) bond motifs is 2. The Morgan fingerprint density at radius 2 is 1.90 bits per heavy atom. The fourth-order valence-electron chi connectivity index (χ4n) is 6.75. The van der Waals surface area contributed by atoms with Crippen LogP contribution in [-0.4, -0.2) is 49.5 Å². The Morgan fingerprint density at radius 3 is 2.51 bits per heavy atom. The van der Waals surface area contributed by atoms with Crippen LogP contribution >= 0.6 is 0 Å². The van der Waals surface area contributed by atoms with Gasteiger partial charge in [0.2, 0.25) is 14.3 Å². The fourth-order valence-corrected chi connectivity index (χ4v) is 9.29. The van der Waals surface area contributed by atoms with E-state index >= 15 is 4.11 Å². The predicted molar refractivity (Wildman–Crippen MR) is 147 cm³/mol. The van der Waals surface area contributed by atoms with E-state index in [-0.39, 0.29) is 37.1 Å². The summed E-state index contributed by atoms with van der Waals surface area (Å²) in [6.45, 7) is 5.56. The van der Waals surface area contributed by atoms with Gasteiger partial charge in [0.15, 0.2) is 5.60 Å². The van der Waals surface area contributed by atoms with Crippen LogP contribution in [0.15, 0.2) is 42.5 Å². The molecule has 1 N–H and O–H groups in total. The number of piperidine rings is 1. The summed E-state index contributed by atoms with van der Waals surface area (Å²) in [6, 6.07) is 11.8. The molecule has 2 aromatic rings. The van der Waals surface area contributed by atoms with Crippen LogP contribution in [0.25, 0.3) is 0 Å². The second kappa shape index (κ2) is 10.1. The van der Waals surface area contributed by atoms with Crippen LogP contribution < -0.4 is 9.80 Å². The lowest BCUT2D eigenvalue weighted by molar-refractivity contribution is -0.385. The number of nitrogens with zero attached hydrogens (tertiary/aromatic N) is 3. The zero-order chi connectivity index (χ0) is 28.1. The van der Waals surface area contributed by atoms with Crippen LogP contribution in [0.1, 0.15) is 43.7 Å². The van der Waals surface area contributed by atoms with Gasteiger partial charge in [0.1, 0.15) is 0 Å². The van der Waals surface area contributed by atoms with Gasteiger partial charge in [-0.05, 0) is 56.1 Å². The predicted octanol–water partition coefficient (Wildman–Crippen LogP) is 4.82. The number of non-ortho nitro benzene ring substituents is 1. The molecule has 0 aromatic heterocycles. The van der Waals surface area contributed by atoms with Crippen molar-refractivity contribution < 1.29 is 28.5 Å². The molecule has 2 fully saturated rings. The van der Waals surface area contributed by atoms with E-state index in [0.717, 1.165) is 24.1 Å². The fraction of sp³-hybridized carbons (Fsp3) is 0.500. The quantitative estimate of drug-likeness (QED) is 0.227. The standard InChI is InChI=1S/C28H34FN3O6Si/c1-18-26(39(2,3)29)24(13-15-33)38-28(18)22-16-21(32(36)37)11-12-23(22)31(27(28)35)17-19-7-9-20(10-8-19)30-14-5-4-6-25(30)34/h7-12,16,18,24,26,33H,4-6,13-15,17H2,1-3H3/t18-,24+,26-,28+/m0/s1. The van der Waals surface area contributed by atoms with Crippen LogP contribution in [0.2, 0.25) is 18.6 Å². The first-order valence-corrected chi connectivity index (χ1v) is 16.4. The summed E-state index contributed by atoms with van der Waals surface area (Å²) in [5.74, 6) is -0.879. The number of halogens is 1. The molecule has 3 heterocycles. The number of rotatable bonds is 7. The highest BCUT2D eigenvalue weighted by Gasteiger charge is 2.66. The number of anilines is 2. The number of amides is 2. The van der Waals surface area contributed by atoms with Crippen LogP contribution in [-0.2, 0) is 26.5 Å². The van der Waals surface area contributed by atoms with E-state index in [2.05, 4.69) is 0 Å². The largest absolute Gasteiger partial charge is 0.396 e. The summed E-state index contributed by atoms with van der Waals surface area (Å²) < 4.78 is 22.1. The van der Waals surface area contributed by atoms with Crippen molar-refractivity contribution in [1.29, 1.82) is 0 Å². The van der Waals surface area contributed by atoms with Gasteiger partial charge in [0.05, 0.1) is 23.3 Å². The van der Waals surface area contributed by atoms with E-state index in [0.29, 0.717) is 24.2 Å². The minimum atomic E-state index is -3.37. The molecule has 11 heteroatoms. The average Bonchev–Trinajstić information content (AvgIpc) is 3.31. The van der Waals surface area contributed by atoms with Crippen molar-refractivity contribution in [3.05, 3.63) is 63.7 Å². The maximum absolute atomic E-state index is 15.6. The lowest BCUT2D eigenvalue weighted by Gasteiger charge is -2.31. The second-order valence-corrected chi connectivity index (χ2v) is 15.1.